The molecule has 27 heavy (non-hydrogen) atoms. The maximum atomic E-state index is 6.02. The van der Waals surface area contributed by atoms with Gasteiger partial charge >= 0.3 is 0 Å². The fourth-order valence-corrected chi connectivity index (χ4v) is 3.61. The van der Waals surface area contributed by atoms with E-state index in [0.717, 1.165) is 12.3 Å². The smallest absolute Gasteiger partial charge is 0.213 e. The molecule has 1 heterocycles. The lowest BCUT2D eigenvalue weighted by Gasteiger charge is -2.13. The maximum absolute atomic E-state index is 6.02. The summed E-state index contributed by atoms with van der Waals surface area (Å²) < 4.78 is 8.28. The highest BCUT2D eigenvalue weighted by molar-refractivity contribution is 6.07. The molecule has 0 atom stereocenters. The van der Waals surface area contributed by atoms with Crippen LogP contribution in [0.4, 0.5) is 0 Å². The van der Waals surface area contributed by atoms with Crippen molar-refractivity contribution in [3.8, 4) is 16.9 Å². The second kappa shape index (κ2) is 7.37. The van der Waals surface area contributed by atoms with Gasteiger partial charge in [-0.05, 0) is 37.9 Å². The Kier molecular flexibility index (Phi) is 4.78. The molecule has 0 aliphatic heterocycles. The molecule has 0 spiro atoms. The van der Waals surface area contributed by atoms with Crippen LogP contribution in [0.1, 0.15) is 0 Å². The molecule has 3 heteroatoms. The van der Waals surface area contributed by atoms with Crippen molar-refractivity contribution in [2.75, 3.05) is 27.2 Å². The molecule has 3 aromatic carbocycles. The fourth-order valence-electron chi connectivity index (χ4n) is 3.61. The summed E-state index contributed by atoms with van der Waals surface area (Å²) >= 11 is 0. The molecule has 4 aromatic rings. The summed E-state index contributed by atoms with van der Waals surface area (Å²) in [4.78, 5) is 2.13. The zero-order valence-corrected chi connectivity index (χ0v) is 16.1. The van der Waals surface area contributed by atoms with Crippen LogP contribution in [0.5, 0.6) is 5.75 Å². The Bertz CT molecular complexity index is 1090. The van der Waals surface area contributed by atoms with Crippen LogP contribution in [0.3, 0.4) is 0 Å². The lowest BCUT2D eigenvalue weighted by molar-refractivity contribution is -0.617. The van der Waals surface area contributed by atoms with Crippen LogP contribution >= 0.6 is 0 Å². The van der Waals surface area contributed by atoms with Crippen molar-refractivity contribution in [1.29, 1.82) is 0 Å². The molecule has 0 saturated heterocycles. The third-order valence-corrected chi connectivity index (χ3v) is 5.00. The van der Waals surface area contributed by atoms with E-state index in [9.17, 15) is 0 Å². The van der Waals surface area contributed by atoms with Gasteiger partial charge in [0.2, 0.25) is 11.0 Å². The standard InChI is InChI=1S/C24H25N2O/c1-25(2)15-16-27-19-13-14-23-21(17-19)24(18-9-5-4-6-10-18)20-11-7-8-12-22(20)26(23)3/h4-14,17H,15-16H2,1-3H3/q+1. The van der Waals surface area contributed by atoms with Crippen molar-refractivity contribution in [2.24, 2.45) is 7.05 Å². The molecule has 1 aromatic heterocycles. The monoisotopic (exact) mass is 357 g/mol. The normalized spacial score (nSPS) is 11.4. The third-order valence-electron chi connectivity index (χ3n) is 5.00. The highest BCUT2D eigenvalue weighted by Gasteiger charge is 2.19. The highest BCUT2D eigenvalue weighted by atomic mass is 16.5. The van der Waals surface area contributed by atoms with Crippen molar-refractivity contribution in [3.63, 3.8) is 0 Å². The average Bonchev–Trinajstić information content (AvgIpc) is 2.69. The van der Waals surface area contributed by atoms with E-state index in [-0.39, 0.29) is 0 Å². The van der Waals surface area contributed by atoms with Crippen LogP contribution in [0, 0.1) is 0 Å². The minimum absolute atomic E-state index is 0.679. The number of aromatic nitrogens is 1. The summed E-state index contributed by atoms with van der Waals surface area (Å²) in [5, 5.41) is 2.47. The summed E-state index contributed by atoms with van der Waals surface area (Å²) in [6.07, 6.45) is 0. The fraction of sp³-hybridized carbons (Fsp3) is 0.208. The van der Waals surface area contributed by atoms with Gasteiger partial charge in [-0.2, -0.15) is 4.57 Å². The Morgan fingerprint density at radius 2 is 1.52 bits per heavy atom. The van der Waals surface area contributed by atoms with Crippen LogP contribution in [0.2, 0.25) is 0 Å². The maximum Gasteiger partial charge on any atom is 0.213 e. The van der Waals surface area contributed by atoms with Crippen molar-refractivity contribution in [2.45, 2.75) is 0 Å². The molecule has 4 rings (SSSR count). The van der Waals surface area contributed by atoms with Gasteiger partial charge in [-0.3, -0.25) is 0 Å². The van der Waals surface area contributed by atoms with Gasteiger partial charge in [0.05, 0.1) is 10.8 Å². The Labute approximate surface area is 160 Å². The lowest BCUT2D eigenvalue weighted by Crippen LogP contribution is -2.30. The predicted octanol–water partition coefficient (Wildman–Crippen LogP) is 4.42. The van der Waals surface area contributed by atoms with E-state index in [1.165, 1.54) is 32.9 Å². The van der Waals surface area contributed by atoms with Gasteiger partial charge in [0.15, 0.2) is 0 Å². The zero-order valence-electron chi connectivity index (χ0n) is 16.1. The van der Waals surface area contributed by atoms with Gasteiger partial charge in [-0.25, -0.2) is 0 Å². The Morgan fingerprint density at radius 3 is 2.30 bits per heavy atom. The molecular formula is C24H25N2O+. The first kappa shape index (κ1) is 17.5. The first-order valence-corrected chi connectivity index (χ1v) is 9.32. The summed E-state index contributed by atoms with van der Waals surface area (Å²) in [5.74, 6) is 0.914. The number of rotatable bonds is 5. The van der Waals surface area contributed by atoms with Gasteiger partial charge in [0.1, 0.15) is 19.4 Å². The molecule has 3 nitrogen and oxygen atoms in total. The first-order chi connectivity index (χ1) is 13.1. The molecule has 0 N–H and O–H groups in total. The quantitative estimate of drug-likeness (QED) is 0.388. The first-order valence-electron chi connectivity index (χ1n) is 9.32. The van der Waals surface area contributed by atoms with Crippen LogP contribution in [0.15, 0.2) is 72.8 Å². The van der Waals surface area contributed by atoms with E-state index in [2.05, 4.69) is 103 Å². The number of hydrogen-bond donors (Lipinski definition) is 0. The van der Waals surface area contributed by atoms with Gasteiger partial charge in [0, 0.05) is 24.2 Å². The van der Waals surface area contributed by atoms with Crippen molar-refractivity contribution >= 4 is 21.8 Å². The molecule has 0 aliphatic rings. The number of aryl methyl sites for hydroxylation is 1. The number of likely N-dealkylation sites (N-methyl/N-ethyl adjacent to an activating group) is 1. The van der Waals surface area contributed by atoms with Crippen molar-refractivity contribution < 1.29 is 9.30 Å². The molecule has 0 amide bonds. The SMILES string of the molecule is CN(C)CCOc1ccc2c(c1)c(-c1ccccc1)c1ccccc1[n+]2C. The summed E-state index contributed by atoms with van der Waals surface area (Å²) in [5.41, 5.74) is 4.92. The number of fused-ring (bicyclic) bond motifs is 2. The number of pyridine rings is 1. The Hall–Kier alpha value is -2.91. The van der Waals surface area contributed by atoms with Crippen molar-refractivity contribution in [3.05, 3.63) is 72.8 Å². The molecule has 136 valence electrons. The molecule has 0 unspecified atom stereocenters. The van der Waals surface area contributed by atoms with E-state index >= 15 is 0 Å². The molecule has 0 aliphatic carbocycles. The van der Waals surface area contributed by atoms with Crippen LogP contribution in [0.25, 0.3) is 32.9 Å². The highest BCUT2D eigenvalue weighted by Crippen LogP contribution is 2.35. The summed E-state index contributed by atoms with van der Waals surface area (Å²) in [6, 6.07) is 25.6. The number of hydrogen-bond acceptors (Lipinski definition) is 2. The largest absolute Gasteiger partial charge is 0.492 e. The summed E-state index contributed by atoms with van der Waals surface area (Å²) in [6.45, 7) is 1.58. The van der Waals surface area contributed by atoms with E-state index in [0.29, 0.717) is 6.61 Å². The summed E-state index contributed by atoms with van der Waals surface area (Å²) in [7, 11) is 6.25. The number of benzene rings is 3. The zero-order chi connectivity index (χ0) is 18.8. The lowest BCUT2D eigenvalue weighted by atomic mass is 9.95. The van der Waals surface area contributed by atoms with Crippen LogP contribution < -0.4 is 9.30 Å². The number of para-hydroxylation sites is 1. The van der Waals surface area contributed by atoms with Crippen molar-refractivity contribution in [1.82, 2.24) is 4.90 Å². The molecule has 0 saturated carbocycles. The van der Waals surface area contributed by atoms with Gasteiger partial charge in [-0.15, -0.1) is 0 Å². The van der Waals surface area contributed by atoms with E-state index in [1.807, 2.05) is 0 Å². The molecule has 0 bridgehead atoms. The van der Waals surface area contributed by atoms with Gasteiger partial charge < -0.3 is 9.64 Å². The van der Waals surface area contributed by atoms with Gasteiger partial charge in [-0.1, -0.05) is 42.5 Å². The van der Waals surface area contributed by atoms with Crippen LogP contribution in [-0.2, 0) is 7.05 Å². The molecule has 0 fully saturated rings. The second-order valence-electron chi connectivity index (χ2n) is 7.15. The topological polar surface area (TPSA) is 16.4 Å². The molecular weight excluding hydrogens is 332 g/mol. The Balaban J connectivity index is 1.95. The molecule has 0 radical (unpaired) electrons. The number of nitrogens with zero attached hydrogens (tertiary/aromatic N) is 2. The minimum Gasteiger partial charge on any atom is -0.492 e. The Morgan fingerprint density at radius 1 is 0.815 bits per heavy atom. The van der Waals surface area contributed by atoms with E-state index < -0.39 is 0 Å². The average molecular weight is 357 g/mol. The van der Waals surface area contributed by atoms with Crippen LogP contribution in [-0.4, -0.2) is 32.1 Å². The predicted molar refractivity (Wildman–Crippen MR) is 112 cm³/mol. The van der Waals surface area contributed by atoms with E-state index in [4.69, 9.17) is 4.74 Å². The third kappa shape index (κ3) is 3.38. The van der Waals surface area contributed by atoms with Gasteiger partial charge in [0.25, 0.3) is 0 Å². The van der Waals surface area contributed by atoms with E-state index in [1.54, 1.807) is 0 Å². The number of ether oxygens (including phenoxy) is 1. The minimum atomic E-state index is 0.679. The second-order valence-corrected chi connectivity index (χ2v) is 7.15.